The van der Waals surface area contributed by atoms with Crippen molar-refractivity contribution in [2.24, 2.45) is 5.10 Å². The first-order valence-corrected chi connectivity index (χ1v) is 10.6. The van der Waals surface area contributed by atoms with Crippen molar-refractivity contribution in [2.75, 3.05) is 12.3 Å². The molecule has 2 aromatic heterocycles. The topological polar surface area (TPSA) is 98.2 Å². The van der Waals surface area contributed by atoms with Crippen LogP contribution in [0, 0.1) is 0 Å². The predicted molar refractivity (Wildman–Crippen MR) is 126 cm³/mol. The maximum atomic E-state index is 12.9. The van der Waals surface area contributed by atoms with Crippen molar-refractivity contribution in [3.05, 3.63) is 63.6 Å². The zero-order valence-corrected chi connectivity index (χ0v) is 18.3. The lowest BCUT2D eigenvalue weighted by Crippen LogP contribution is -2.25. The van der Waals surface area contributed by atoms with Gasteiger partial charge >= 0.3 is 0 Å². The number of para-hydroxylation sites is 2. The van der Waals surface area contributed by atoms with Crippen LogP contribution in [0.3, 0.4) is 0 Å². The van der Waals surface area contributed by atoms with E-state index in [9.17, 15) is 4.79 Å². The molecule has 9 heteroatoms. The number of halogens is 2. The van der Waals surface area contributed by atoms with Crippen LogP contribution in [0.4, 0.5) is 5.82 Å². The minimum atomic E-state index is -0.302. The monoisotopic (exact) mass is 454 g/mol. The summed E-state index contributed by atoms with van der Waals surface area (Å²) >= 11 is 12.1. The van der Waals surface area contributed by atoms with E-state index in [-0.39, 0.29) is 17.3 Å². The summed E-state index contributed by atoms with van der Waals surface area (Å²) in [5.74, 6) is -0.139. The van der Waals surface area contributed by atoms with Gasteiger partial charge in [-0.1, -0.05) is 54.7 Å². The van der Waals surface area contributed by atoms with Crippen LogP contribution < -0.4 is 11.1 Å². The molecule has 2 aromatic carbocycles. The Morgan fingerprint density at radius 2 is 1.90 bits per heavy atom. The number of amides is 1. The second kappa shape index (κ2) is 8.91. The number of unbranched alkanes of at least 4 members (excludes halogenated alkanes) is 1. The molecule has 4 aromatic rings. The number of hydrogen-bond acceptors (Lipinski definition) is 5. The molecule has 0 atom stereocenters. The van der Waals surface area contributed by atoms with Crippen LogP contribution in [0.25, 0.3) is 22.2 Å². The molecule has 31 heavy (non-hydrogen) atoms. The van der Waals surface area contributed by atoms with Crippen molar-refractivity contribution in [3.8, 4) is 0 Å². The van der Waals surface area contributed by atoms with Crippen molar-refractivity contribution in [1.29, 1.82) is 0 Å². The number of anilines is 1. The SMILES string of the molecule is CCCCNC(=O)c1c(N)n(N=Cc2ccc(Cl)c(Cl)c2)c2nc3ccccc3nc12. The first-order chi connectivity index (χ1) is 15.0. The maximum Gasteiger partial charge on any atom is 0.257 e. The molecule has 158 valence electrons. The standard InChI is InChI=1S/C22H20Cl2N6O/c1-2-3-10-26-22(31)18-19-21(29-17-7-5-4-6-16(17)28-19)30(20(18)25)27-12-13-8-9-14(23)15(24)11-13/h4-9,11-12H,2-3,10,25H2,1H3,(H,26,31). The number of aromatic nitrogens is 3. The molecule has 0 aliphatic heterocycles. The van der Waals surface area contributed by atoms with E-state index in [1.165, 1.54) is 4.68 Å². The Labute approximate surface area is 188 Å². The van der Waals surface area contributed by atoms with Gasteiger partial charge in [0.05, 0.1) is 27.3 Å². The van der Waals surface area contributed by atoms with Crippen LogP contribution in [-0.2, 0) is 0 Å². The number of rotatable bonds is 6. The summed E-state index contributed by atoms with van der Waals surface area (Å²) in [5, 5.41) is 8.23. The lowest BCUT2D eigenvalue weighted by Gasteiger charge is -2.04. The fourth-order valence-electron chi connectivity index (χ4n) is 3.17. The average molecular weight is 455 g/mol. The number of nitrogen functional groups attached to an aromatic ring is 1. The van der Waals surface area contributed by atoms with Gasteiger partial charge in [0.15, 0.2) is 5.65 Å². The molecule has 0 radical (unpaired) electrons. The van der Waals surface area contributed by atoms with Crippen LogP contribution >= 0.6 is 23.2 Å². The highest BCUT2D eigenvalue weighted by Crippen LogP contribution is 2.28. The van der Waals surface area contributed by atoms with Gasteiger partial charge in [-0.2, -0.15) is 9.78 Å². The Bertz CT molecular complexity index is 1310. The van der Waals surface area contributed by atoms with Gasteiger partial charge < -0.3 is 11.1 Å². The third-order valence-electron chi connectivity index (χ3n) is 4.78. The largest absolute Gasteiger partial charge is 0.383 e. The van der Waals surface area contributed by atoms with Gasteiger partial charge in [-0.3, -0.25) is 4.79 Å². The van der Waals surface area contributed by atoms with E-state index >= 15 is 0 Å². The fraction of sp³-hybridized carbons (Fsp3) is 0.182. The van der Waals surface area contributed by atoms with Crippen LogP contribution in [0.2, 0.25) is 10.0 Å². The van der Waals surface area contributed by atoms with Gasteiger partial charge in [0.1, 0.15) is 16.9 Å². The van der Waals surface area contributed by atoms with Gasteiger partial charge in [-0.15, -0.1) is 0 Å². The highest BCUT2D eigenvalue weighted by atomic mass is 35.5. The normalized spacial score (nSPS) is 11.6. The average Bonchev–Trinajstić information content (AvgIpc) is 3.03. The van der Waals surface area contributed by atoms with Gasteiger partial charge in [-0.25, -0.2) is 9.97 Å². The summed E-state index contributed by atoms with van der Waals surface area (Å²) < 4.78 is 1.42. The molecule has 0 aliphatic carbocycles. The van der Waals surface area contributed by atoms with E-state index in [0.29, 0.717) is 38.8 Å². The van der Waals surface area contributed by atoms with E-state index in [4.69, 9.17) is 28.9 Å². The molecule has 7 nitrogen and oxygen atoms in total. The van der Waals surface area contributed by atoms with Gasteiger partial charge in [0.25, 0.3) is 5.91 Å². The Kier molecular flexibility index (Phi) is 6.06. The molecule has 0 fully saturated rings. The third-order valence-corrected chi connectivity index (χ3v) is 5.52. The number of benzene rings is 2. The number of carbonyl (C=O) groups excluding carboxylic acids is 1. The van der Waals surface area contributed by atoms with Crippen molar-refractivity contribution < 1.29 is 4.79 Å². The zero-order chi connectivity index (χ0) is 22.0. The summed E-state index contributed by atoms with van der Waals surface area (Å²) in [6.45, 7) is 2.61. The van der Waals surface area contributed by atoms with Crippen molar-refractivity contribution in [1.82, 2.24) is 20.0 Å². The van der Waals surface area contributed by atoms with Gasteiger partial charge in [0, 0.05) is 6.54 Å². The van der Waals surface area contributed by atoms with Crippen LogP contribution in [0.1, 0.15) is 35.7 Å². The number of nitrogens with one attached hydrogen (secondary N) is 1. The molecular formula is C22H20Cl2N6O. The van der Waals surface area contributed by atoms with E-state index in [1.54, 1.807) is 24.4 Å². The first-order valence-electron chi connectivity index (χ1n) is 9.84. The first kappa shape index (κ1) is 21.1. The Morgan fingerprint density at radius 1 is 1.16 bits per heavy atom. The zero-order valence-electron chi connectivity index (χ0n) is 16.8. The number of carbonyl (C=O) groups is 1. The minimum absolute atomic E-state index is 0.163. The Morgan fingerprint density at radius 3 is 2.61 bits per heavy atom. The van der Waals surface area contributed by atoms with Crippen molar-refractivity contribution in [3.63, 3.8) is 0 Å². The summed E-state index contributed by atoms with van der Waals surface area (Å²) in [4.78, 5) is 22.2. The van der Waals surface area contributed by atoms with E-state index in [2.05, 4.69) is 27.3 Å². The molecule has 0 unspecified atom stereocenters. The summed E-state index contributed by atoms with van der Waals surface area (Å²) in [6, 6.07) is 12.6. The molecule has 0 spiro atoms. The number of nitrogens with zero attached hydrogens (tertiary/aromatic N) is 4. The summed E-state index contributed by atoms with van der Waals surface area (Å²) in [6.07, 6.45) is 3.41. The molecule has 4 rings (SSSR count). The van der Waals surface area contributed by atoms with Crippen LogP contribution in [0.15, 0.2) is 47.6 Å². The highest BCUT2D eigenvalue weighted by molar-refractivity contribution is 6.42. The predicted octanol–water partition coefficient (Wildman–Crippen LogP) is 4.89. The second-order valence-corrected chi connectivity index (χ2v) is 7.80. The van der Waals surface area contributed by atoms with Crippen LogP contribution in [0.5, 0.6) is 0 Å². The number of fused-ring (bicyclic) bond motifs is 2. The highest BCUT2D eigenvalue weighted by Gasteiger charge is 2.23. The van der Waals surface area contributed by atoms with Crippen molar-refractivity contribution in [2.45, 2.75) is 19.8 Å². The number of nitrogens with two attached hydrogens (primary N) is 1. The van der Waals surface area contributed by atoms with Gasteiger partial charge in [0.2, 0.25) is 0 Å². The quantitative estimate of drug-likeness (QED) is 0.320. The molecule has 2 heterocycles. The molecule has 1 amide bonds. The minimum Gasteiger partial charge on any atom is -0.383 e. The van der Waals surface area contributed by atoms with E-state index < -0.39 is 0 Å². The van der Waals surface area contributed by atoms with Crippen LogP contribution in [-0.4, -0.2) is 33.3 Å². The Hall–Kier alpha value is -3.16. The smallest absolute Gasteiger partial charge is 0.257 e. The molecule has 3 N–H and O–H groups in total. The summed E-state index contributed by atoms with van der Waals surface area (Å²) in [5.41, 5.74) is 9.49. The van der Waals surface area contributed by atoms with Gasteiger partial charge in [-0.05, 0) is 36.2 Å². The van der Waals surface area contributed by atoms with E-state index in [1.807, 2.05) is 24.3 Å². The number of hydrogen-bond donors (Lipinski definition) is 2. The molecule has 0 saturated heterocycles. The molecule has 0 saturated carbocycles. The van der Waals surface area contributed by atoms with Crippen molar-refractivity contribution >= 4 is 63.3 Å². The lowest BCUT2D eigenvalue weighted by atomic mass is 10.2. The Balaban J connectivity index is 1.86. The lowest BCUT2D eigenvalue weighted by molar-refractivity contribution is 0.0955. The molecule has 0 aliphatic rings. The fourth-order valence-corrected chi connectivity index (χ4v) is 3.48. The van der Waals surface area contributed by atoms with E-state index in [0.717, 1.165) is 18.4 Å². The molecular weight excluding hydrogens is 435 g/mol. The summed E-state index contributed by atoms with van der Waals surface area (Å²) in [7, 11) is 0. The maximum absolute atomic E-state index is 12.9. The third kappa shape index (κ3) is 4.19. The second-order valence-electron chi connectivity index (χ2n) is 6.98. The molecule has 0 bridgehead atoms.